The number of hydrogen-bond acceptors (Lipinski definition) is 3. The first-order valence-corrected chi connectivity index (χ1v) is 5.30. The second-order valence-corrected chi connectivity index (χ2v) is 4.13. The van der Waals surface area contributed by atoms with Crippen LogP contribution in [0, 0.1) is 12.8 Å². The van der Waals surface area contributed by atoms with Crippen molar-refractivity contribution in [3.63, 3.8) is 0 Å². The minimum atomic E-state index is -0.172. The normalized spacial score (nSPS) is 10.7. The molecule has 0 saturated heterocycles. The van der Waals surface area contributed by atoms with Gasteiger partial charge in [0.05, 0.1) is 6.20 Å². The number of nitrogens with one attached hydrogen (secondary N) is 1. The Kier molecular flexibility index (Phi) is 4.34. The Labute approximate surface area is 90.0 Å². The van der Waals surface area contributed by atoms with Crippen molar-refractivity contribution >= 4 is 5.91 Å². The fourth-order valence-electron chi connectivity index (χ4n) is 1.30. The molecular formula is C11H18N2O2. The number of carbonyl (C=O) groups excluding carboxylic acids is 1. The van der Waals surface area contributed by atoms with Gasteiger partial charge in [-0.1, -0.05) is 19.0 Å². The van der Waals surface area contributed by atoms with E-state index in [1.54, 1.807) is 13.1 Å². The first-order valence-electron chi connectivity index (χ1n) is 5.30. The zero-order chi connectivity index (χ0) is 11.3. The van der Waals surface area contributed by atoms with Crippen molar-refractivity contribution in [1.82, 2.24) is 10.5 Å². The molecule has 84 valence electrons. The molecular weight excluding hydrogens is 192 g/mol. The number of carbonyl (C=O) groups is 1. The van der Waals surface area contributed by atoms with Crippen LogP contribution in [0.25, 0.3) is 0 Å². The summed E-state index contributed by atoms with van der Waals surface area (Å²) >= 11 is 0. The first-order chi connectivity index (χ1) is 7.11. The Morgan fingerprint density at radius 2 is 2.33 bits per heavy atom. The third-order valence-corrected chi connectivity index (χ3v) is 2.20. The summed E-state index contributed by atoms with van der Waals surface area (Å²) in [6.45, 7) is 6.83. The van der Waals surface area contributed by atoms with E-state index < -0.39 is 0 Å². The molecule has 0 aliphatic heterocycles. The van der Waals surface area contributed by atoms with Gasteiger partial charge in [0.25, 0.3) is 5.91 Å². The van der Waals surface area contributed by atoms with E-state index in [4.69, 9.17) is 4.52 Å². The minimum absolute atomic E-state index is 0.172. The van der Waals surface area contributed by atoms with E-state index in [2.05, 4.69) is 24.3 Å². The molecule has 0 bridgehead atoms. The topological polar surface area (TPSA) is 55.1 Å². The highest BCUT2D eigenvalue weighted by atomic mass is 16.5. The number of rotatable bonds is 5. The van der Waals surface area contributed by atoms with Gasteiger partial charge in [-0.2, -0.15) is 0 Å². The summed E-state index contributed by atoms with van der Waals surface area (Å²) in [6, 6.07) is 0. The molecule has 0 aliphatic rings. The number of aryl methyl sites for hydroxylation is 1. The van der Waals surface area contributed by atoms with Crippen LogP contribution < -0.4 is 5.32 Å². The summed E-state index contributed by atoms with van der Waals surface area (Å²) in [7, 11) is 0. The average Bonchev–Trinajstić information content (AvgIpc) is 2.58. The summed E-state index contributed by atoms with van der Waals surface area (Å²) in [5, 5.41) is 6.37. The lowest BCUT2D eigenvalue weighted by atomic mass is 10.1. The monoisotopic (exact) mass is 210 g/mol. The molecule has 1 amide bonds. The molecule has 15 heavy (non-hydrogen) atoms. The number of nitrogens with zero attached hydrogens (tertiary/aromatic N) is 1. The molecule has 1 N–H and O–H groups in total. The quantitative estimate of drug-likeness (QED) is 0.757. The molecule has 0 atom stereocenters. The summed E-state index contributed by atoms with van der Waals surface area (Å²) in [6.07, 6.45) is 3.66. The maximum atomic E-state index is 11.5. The molecule has 1 heterocycles. The van der Waals surface area contributed by atoms with Crippen LogP contribution in [-0.4, -0.2) is 17.6 Å². The van der Waals surface area contributed by atoms with Gasteiger partial charge in [-0.15, -0.1) is 0 Å². The van der Waals surface area contributed by atoms with Crippen LogP contribution in [0.4, 0.5) is 0 Å². The van der Waals surface area contributed by atoms with Gasteiger partial charge in [-0.3, -0.25) is 4.79 Å². The van der Waals surface area contributed by atoms with Crippen LogP contribution in [0.1, 0.15) is 42.8 Å². The summed E-state index contributed by atoms with van der Waals surface area (Å²) in [5.74, 6) is 0.822. The molecule has 0 fully saturated rings. The molecule has 0 spiro atoms. The van der Waals surface area contributed by atoms with Gasteiger partial charge in [0, 0.05) is 12.1 Å². The third-order valence-electron chi connectivity index (χ3n) is 2.20. The van der Waals surface area contributed by atoms with E-state index in [1.165, 1.54) is 0 Å². The molecule has 0 saturated carbocycles. The van der Waals surface area contributed by atoms with Crippen molar-refractivity contribution < 1.29 is 9.32 Å². The SMILES string of the molecule is Cc1cnoc1C(=O)NCCCC(C)C. The van der Waals surface area contributed by atoms with Crippen molar-refractivity contribution in [3.8, 4) is 0 Å². The fraction of sp³-hybridized carbons (Fsp3) is 0.636. The van der Waals surface area contributed by atoms with Gasteiger partial charge in [0.15, 0.2) is 0 Å². The highest BCUT2D eigenvalue weighted by molar-refractivity contribution is 5.92. The molecule has 0 aromatic carbocycles. The molecule has 0 aliphatic carbocycles. The highest BCUT2D eigenvalue weighted by Crippen LogP contribution is 2.06. The Morgan fingerprint density at radius 3 is 2.87 bits per heavy atom. The van der Waals surface area contributed by atoms with E-state index in [0.717, 1.165) is 18.4 Å². The Bertz CT molecular complexity index is 318. The predicted molar refractivity (Wildman–Crippen MR) is 57.6 cm³/mol. The predicted octanol–water partition coefficient (Wildman–Crippen LogP) is 2.15. The molecule has 1 aromatic heterocycles. The largest absolute Gasteiger partial charge is 0.351 e. The molecule has 0 unspecified atom stereocenters. The van der Waals surface area contributed by atoms with Crippen molar-refractivity contribution in [2.24, 2.45) is 5.92 Å². The number of hydrogen-bond donors (Lipinski definition) is 1. The number of amides is 1. The zero-order valence-electron chi connectivity index (χ0n) is 9.54. The van der Waals surface area contributed by atoms with Crippen LogP contribution in [0.3, 0.4) is 0 Å². The smallest absolute Gasteiger partial charge is 0.290 e. The minimum Gasteiger partial charge on any atom is -0.351 e. The van der Waals surface area contributed by atoms with E-state index >= 15 is 0 Å². The summed E-state index contributed by atoms with van der Waals surface area (Å²) < 4.78 is 4.84. The summed E-state index contributed by atoms with van der Waals surface area (Å²) in [5.41, 5.74) is 0.774. The molecule has 0 radical (unpaired) electrons. The van der Waals surface area contributed by atoms with Crippen molar-refractivity contribution in [1.29, 1.82) is 0 Å². The van der Waals surface area contributed by atoms with Gasteiger partial charge in [0.1, 0.15) is 0 Å². The zero-order valence-corrected chi connectivity index (χ0v) is 9.54. The van der Waals surface area contributed by atoms with Crippen LogP contribution >= 0.6 is 0 Å². The van der Waals surface area contributed by atoms with Crippen LogP contribution in [0.2, 0.25) is 0 Å². The van der Waals surface area contributed by atoms with Crippen molar-refractivity contribution in [2.45, 2.75) is 33.6 Å². The standard InChI is InChI=1S/C11H18N2O2/c1-8(2)5-4-6-12-11(14)10-9(3)7-13-15-10/h7-8H,4-6H2,1-3H3,(H,12,14). The van der Waals surface area contributed by atoms with Crippen LogP contribution in [0.15, 0.2) is 10.7 Å². The lowest BCUT2D eigenvalue weighted by Crippen LogP contribution is -2.24. The average molecular weight is 210 g/mol. The second kappa shape index (κ2) is 5.53. The van der Waals surface area contributed by atoms with Gasteiger partial charge in [0.2, 0.25) is 5.76 Å². The lowest BCUT2D eigenvalue weighted by Gasteiger charge is -2.05. The Balaban J connectivity index is 2.28. The lowest BCUT2D eigenvalue weighted by molar-refractivity contribution is 0.0915. The Morgan fingerprint density at radius 1 is 1.60 bits per heavy atom. The van der Waals surface area contributed by atoms with Crippen LogP contribution in [0.5, 0.6) is 0 Å². The van der Waals surface area contributed by atoms with Crippen molar-refractivity contribution in [3.05, 3.63) is 17.5 Å². The van der Waals surface area contributed by atoms with E-state index in [9.17, 15) is 4.79 Å². The highest BCUT2D eigenvalue weighted by Gasteiger charge is 2.12. The Hall–Kier alpha value is -1.32. The molecule has 1 aromatic rings. The molecule has 4 nitrogen and oxygen atoms in total. The third kappa shape index (κ3) is 3.73. The molecule has 4 heteroatoms. The van der Waals surface area contributed by atoms with Gasteiger partial charge in [-0.05, 0) is 25.7 Å². The van der Waals surface area contributed by atoms with E-state index in [-0.39, 0.29) is 5.91 Å². The number of aromatic nitrogens is 1. The first kappa shape index (κ1) is 11.8. The van der Waals surface area contributed by atoms with Crippen molar-refractivity contribution in [2.75, 3.05) is 6.54 Å². The maximum absolute atomic E-state index is 11.5. The van der Waals surface area contributed by atoms with E-state index in [1.807, 2.05) is 0 Å². The second-order valence-electron chi connectivity index (χ2n) is 4.13. The summed E-state index contributed by atoms with van der Waals surface area (Å²) in [4.78, 5) is 11.5. The molecule has 1 rings (SSSR count). The van der Waals surface area contributed by atoms with Gasteiger partial charge >= 0.3 is 0 Å². The maximum Gasteiger partial charge on any atom is 0.290 e. The van der Waals surface area contributed by atoms with Gasteiger partial charge in [-0.25, -0.2) is 0 Å². The fourth-order valence-corrected chi connectivity index (χ4v) is 1.30. The van der Waals surface area contributed by atoms with Crippen LogP contribution in [-0.2, 0) is 0 Å². The van der Waals surface area contributed by atoms with E-state index in [0.29, 0.717) is 18.2 Å². The van der Waals surface area contributed by atoms with Gasteiger partial charge < -0.3 is 9.84 Å².